The number of imidazole rings is 1. The Morgan fingerprint density at radius 2 is 2.25 bits per heavy atom. The zero-order chi connectivity index (χ0) is 12.1. The number of aliphatic carboxylic acids is 1. The summed E-state index contributed by atoms with van der Waals surface area (Å²) in [5.41, 5.74) is 0. The molecule has 0 spiro atoms. The monoisotopic (exact) mass is 225 g/mol. The van der Waals surface area contributed by atoms with Gasteiger partial charge in [-0.25, -0.2) is 9.13 Å². The number of carbonyl (C=O) groups is 1. The first-order valence-electron chi connectivity index (χ1n) is 5.90. The third-order valence-corrected chi connectivity index (χ3v) is 2.76. The Morgan fingerprint density at radius 1 is 1.56 bits per heavy atom. The maximum atomic E-state index is 10.8. The van der Waals surface area contributed by atoms with Gasteiger partial charge in [0.1, 0.15) is 18.9 Å². The van der Waals surface area contributed by atoms with Crippen molar-refractivity contribution in [2.45, 2.75) is 46.7 Å². The molecule has 0 aliphatic heterocycles. The average Bonchev–Trinajstić information content (AvgIpc) is 2.61. The fraction of sp³-hybridized carbons (Fsp3) is 0.667. The molecule has 0 bridgehead atoms. The van der Waals surface area contributed by atoms with Crippen LogP contribution < -0.4 is 4.57 Å². The average molecular weight is 225 g/mol. The minimum Gasteiger partial charge on any atom is -0.481 e. The third-order valence-electron chi connectivity index (χ3n) is 2.76. The Morgan fingerprint density at radius 3 is 2.75 bits per heavy atom. The van der Waals surface area contributed by atoms with Crippen LogP contribution in [0.3, 0.4) is 0 Å². The molecular formula is C12H21N2O2+. The molecule has 1 atom stereocenters. The van der Waals surface area contributed by atoms with Crippen LogP contribution in [0.25, 0.3) is 0 Å². The van der Waals surface area contributed by atoms with E-state index in [0.29, 0.717) is 6.54 Å². The lowest BCUT2D eigenvalue weighted by atomic mass is 10.2. The van der Waals surface area contributed by atoms with Crippen LogP contribution in [0.4, 0.5) is 0 Å². The normalized spacial score (nSPS) is 12.7. The largest absolute Gasteiger partial charge is 0.481 e. The van der Waals surface area contributed by atoms with Gasteiger partial charge in [-0.05, 0) is 13.3 Å². The second kappa shape index (κ2) is 5.68. The van der Waals surface area contributed by atoms with Gasteiger partial charge in [0, 0.05) is 6.42 Å². The molecule has 4 nitrogen and oxygen atoms in total. The van der Waals surface area contributed by atoms with E-state index in [-0.39, 0.29) is 5.92 Å². The third kappa shape index (κ3) is 2.84. The van der Waals surface area contributed by atoms with Gasteiger partial charge in [0.05, 0.1) is 12.5 Å². The second-order valence-electron chi connectivity index (χ2n) is 4.15. The summed E-state index contributed by atoms with van der Waals surface area (Å²) in [6.45, 7) is 7.53. The summed E-state index contributed by atoms with van der Waals surface area (Å²) >= 11 is 0. The molecule has 0 radical (unpaired) electrons. The Balaban J connectivity index is 2.83. The van der Waals surface area contributed by atoms with Crippen LogP contribution in [0, 0.1) is 5.92 Å². The van der Waals surface area contributed by atoms with Crippen molar-refractivity contribution in [3.05, 3.63) is 18.2 Å². The van der Waals surface area contributed by atoms with E-state index in [1.54, 1.807) is 6.92 Å². The van der Waals surface area contributed by atoms with Crippen LogP contribution in [-0.4, -0.2) is 15.6 Å². The maximum Gasteiger partial charge on any atom is 0.310 e. The first-order valence-corrected chi connectivity index (χ1v) is 5.90. The van der Waals surface area contributed by atoms with Crippen molar-refractivity contribution in [2.24, 2.45) is 5.92 Å². The van der Waals surface area contributed by atoms with Crippen LogP contribution in [0.2, 0.25) is 0 Å². The predicted octanol–water partition coefficient (Wildman–Crippen LogP) is 1.47. The molecule has 90 valence electrons. The van der Waals surface area contributed by atoms with E-state index < -0.39 is 5.97 Å². The molecule has 4 heteroatoms. The minimum absolute atomic E-state index is 0.340. The molecule has 1 aromatic heterocycles. The summed E-state index contributed by atoms with van der Waals surface area (Å²) in [6.07, 6.45) is 6.04. The molecule has 1 heterocycles. The Hall–Kier alpha value is -1.32. The number of nitrogens with zero attached hydrogens (tertiary/aromatic N) is 2. The summed E-state index contributed by atoms with van der Waals surface area (Å²) in [4.78, 5) is 10.8. The lowest BCUT2D eigenvalue weighted by molar-refractivity contribution is -0.707. The fourth-order valence-electron chi connectivity index (χ4n) is 1.89. The van der Waals surface area contributed by atoms with Gasteiger partial charge in [0.15, 0.2) is 0 Å². The number of aromatic nitrogens is 2. The highest BCUT2D eigenvalue weighted by Crippen LogP contribution is 2.02. The molecule has 0 saturated carbocycles. The van der Waals surface area contributed by atoms with Crippen LogP contribution in [0.15, 0.2) is 12.4 Å². The molecule has 0 aromatic carbocycles. The highest BCUT2D eigenvalue weighted by atomic mass is 16.4. The van der Waals surface area contributed by atoms with Gasteiger partial charge in [0.2, 0.25) is 0 Å². The van der Waals surface area contributed by atoms with Crippen molar-refractivity contribution < 1.29 is 14.5 Å². The zero-order valence-electron chi connectivity index (χ0n) is 10.3. The van der Waals surface area contributed by atoms with Crippen LogP contribution in [0.1, 0.15) is 33.0 Å². The number of carboxylic acid groups (broad SMARTS) is 1. The molecule has 1 N–H and O–H groups in total. The van der Waals surface area contributed by atoms with Crippen molar-refractivity contribution in [2.75, 3.05) is 0 Å². The zero-order valence-corrected chi connectivity index (χ0v) is 10.3. The summed E-state index contributed by atoms with van der Waals surface area (Å²) < 4.78 is 4.25. The number of carboxylic acids is 1. The Bertz CT molecular complexity index is 358. The molecule has 1 rings (SSSR count). The van der Waals surface area contributed by atoms with E-state index in [0.717, 1.165) is 19.4 Å². The van der Waals surface area contributed by atoms with E-state index in [4.69, 9.17) is 5.11 Å². The summed E-state index contributed by atoms with van der Waals surface area (Å²) in [5.74, 6) is 0.125. The predicted molar refractivity (Wildman–Crippen MR) is 61.1 cm³/mol. The summed E-state index contributed by atoms with van der Waals surface area (Å²) in [5, 5.41) is 8.90. The fourth-order valence-corrected chi connectivity index (χ4v) is 1.89. The number of rotatable bonds is 6. The Labute approximate surface area is 96.5 Å². The quantitative estimate of drug-likeness (QED) is 0.745. The standard InChI is InChI=1S/C12H20N2O2/c1-4-6-13-7-8-14(11(13)5-2)9-10(3)12(15)16/h7-8,10H,4-6,9H2,1-3H3/p+1. The van der Waals surface area contributed by atoms with E-state index >= 15 is 0 Å². The Kier molecular flexibility index (Phi) is 4.52. The molecule has 0 aliphatic rings. The SMILES string of the molecule is CCCn1cc[n+](CC(C)C(=O)O)c1CC. The number of aryl methyl sites for hydroxylation is 1. The van der Waals surface area contributed by atoms with Gasteiger partial charge >= 0.3 is 5.97 Å². The molecular weight excluding hydrogens is 204 g/mol. The maximum absolute atomic E-state index is 10.8. The van der Waals surface area contributed by atoms with Crippen molar-refractivity contribution in [3.63, 3.8) is 0 Å². The topological polar surface area (TPSA) is 46.1 Å². The van der Waals surface area contributed by atoms with Gasteiger partial charge in [-0.3, -0.25) is 4.79 Å². The van der Waals surface area contributed by atoms with E-state index in [2.05, 4.69) is 23.0 Å². The highest BCUT2D eigenvalue weighted by Gasteiger charge is 2.20. The summed E-state index contributed by atoms with van der Waals surface area (Å²) in [6, 6.07) is 0. The van der Waals surface area contributed by atoms with Crippen LogP contribution >= 0.6 is 0 Å². The molecule has 16 heavy (non-hydrogen) atoms. The number of hydrogen-bond donors (Lipinski definition) is 1. The van der Waals surface area contributed by atoms with Gasteiger partial charge in [0.25, 0.3) is 5.82 Å². The van der Waals surface area contributed by atoms with Crippen LogP contribution in [-0.2, 0) is 24.3 Å². The molecule has 0 amide bonds. The highest BCUT2D eigenvalue weighted by molar-refractivity contribution is 5.69. The van der Waals surface area contributed by atoms with Crippen molar-refractivity contribution in [1.82, 2.24) is 4.57 Å². The van der Waals surface area contributed by atoms with Gasteiger partial charge < -0.3 is 5.11 Å². The van der Waals surface area contributed by atoms with Gasteiger partial charge in [-0.15, -0.1) is 0 Å². The van der Waals surface area contributed by atoms with Crippen molar-refractivity contribution >= 4 is 5.97 Å². The molecule has 1 unspecified atom stereocenters. The second-order valence-corrected chi connectivity index (χ2v) is 4.15. The first kappa shape index (κ1) is 12.7. The van der Waals surface area contributed by atoms with Crippen LogP contribution in [0.5, 0.6) is 0 Å². The minimum atomic E-state index is -0.738. The smallest absolute Gasteiger partial charge is 0.310 e. The number of hydrogen-bond acceptors (Lipinski definition) is 1. The van der Waals surface area contributed by atoms with E-state index in [1.165, 1.54) is 5.82 Å². The molecule has 0 saturated heterocycles. The lowest BCUT2D eigenvalue weighted by Gasteiger charge is -2.05. The first-order chi connectivity index (χ1) is 7.60. The summed E-state index contributed by atoms with van der Waals surface area (Å²) in [7, 11) is 0. The van der Waals surface area contributed by atoms with E-state index in [1.807, 2.05) is 12.4 Å². The molecule has 0 fully saturated rings. The molecule has 0 aliphatic carbocycles. The van der Waals surface area contributed by atoms with Gasteiger partial charge in [-0.2, -0.15) is 0 Å². The van der Waals surface area contributed by atoms with Crippen molar-refractivity contribution in [3.8, 4) is 0 Å². The lowest BCUT2D eigenvalue weighted by Crippen LogP contribution is -2.41. The molecule has 1 aromatic rings. The van der Waals surface area contributed by atoms with Gasteiger partial charge in [-0.1, -0.05) is 13.8 Å². The van der Waals surface area contributed by atoms with Crippen molar-refractivity contribution in [1.29, 1.82) is 0 Å². The van der Waals surface area contributed by atoms with E-state index in [9.17, 15) is 4.79 Å².